The second kappa shape index (κ2) is 67.8. The summed E-state index contributed by atoms with van der Waals surface area (Å²) in [7, 11) is 0. The molecule has 1 atom stereocenters. The SMILES string of the molecule is CC/C=C\C/C=C\C/C=C\C/C=C\C/C=C\CCCC(=O)OC(COC(=O)CCCCCCCCCCCCCCCC/C=C\C/C=C\C/C=C\CCCCCCC)COC(=O)CCCCCCCCCCCCCCCCCC. The summed E-state index contributed by atoms with van der Waals surface area (Å²) in [4.78, 5) is 38.4. The molecule has 6 nitrogen and oxygen atoms in total. The molecule has 0 heterocycles. The Morgan fingerprint density at radius 2 is 0.500 bits per heavy atom. The minimum absolute atomic E-state index is 0.0969. The van der Waals surface area contributed by atoms with Crippen molar-refractivity contribution in [1.82, 2.24) is 0 Å². The van der Waals surface area contributed by atoms with Gasteiger partial charge < -0.3 is 14.2 Å². The lowest BCUT2D eigenvalue weighted by molar-refractivity contribution is -0.167. The fourth-order valence-corrected chi connectivity index (χ4v) is 9.72. The van der Waals surface area contributed by atoms with Crippen LogP contribution in [0.2, 0.25) is 0 Å². The fraction of sp³-hybridized carbons (Fsp3) is 0.743. The van der Waals surface area contributed by atoms with Gasteiger partial charge in [-0.1, -0.05) is 317 Å². The van der Waals surface area contributed by atoms with Crippen LogP contribution < -0.4 is 0 Å². The van der Waals surface area contributed by atoms with Crippen molar-refractivity contribution < 1.29 is 28.6 Å². The molecule has 0 aliphatic rings. The number of ether oxygens (including phenoxy) is 3. The average molecular weight is 1110 g/mol. The van der Waals surface area contributed by atoms with Crippen LogP contribution in [0.25, 0.3) is 0 Å². The lowest BCUT2D eigenvalue weighted by Gasteiger charge is -2.18. The molecule has 0 bridgehead atoms. The van der Waals surface area contributed by atoms with E-state index in [4.69, 9.17) is 14.2 Å². The highest BCUT2D eigenvalue weighted by molar-refractivity contribution is 5.71. The van der Waals surface area contributed by atoms with E-state index in [-0.39, 0.29) is 37.5 Å². The van der Waals surface area contributed by atoms with Gasteiger partial charge in [-0.05, 0) is 96.3 Å². The Labute approximate surface area is 496 Å². The summed E-state index contributed by atoms with van der Waals surface area (Å²) in [5.74, 6) is -0.942. The summed E-state index contributed by atoms with van der Waals surface area (Å²) in [6, 6.07) is 0. The molecule has 0 aromatic heterocycles. The maximum absolute atomic E-state index is 12.9. The molecule has 0 spiro atoms. The maximum atomic E-state index is 12.9. The largest absolute Gasteiger partial charge is 0.462 e. The van der Waals surface area contributed by atoms with Crippen LogP contribution in [0.5, 0.6) is 0 Å². The van der Waals surface area contributed by atoms with Gasteiger partial charge in [0.1, 0.15) is 13.2 Å². The van der Waals surface area contributed by atoms with Crippen molar-refractivity contribution in [3.63, 3.8) is 0 Å². The number of unbranched alkanes of at least 4 members (excludes halogenated alkanes) is 35. The molecule has 0 aromatic carbocycles. The molecule has 0 aliphatic carbocycles. The summed E-state index contributed by atoms with van der Waals surface area (Å²) in [5, 5.41) is 0. The molecular formula is C74H128O6. The Hall–Kier alpha value is -3.67. The monoisotopic (exact) mass is 1110 g/mol. The molecule has 0 saturated carbocycles. The molecule has 0 amide bonds. The van der Waals surface area contributed by atoms with E-state index in [1.54, 1.807) is 0 Å². The third-order valence-corrected chi connectivity index (χ3v) is 14.8. The summed E-state index contributed by atoms with van der Waals surface area (Å²) in [5.41, 5.74) is 0. The quantitative estimate of drug-likeness (QED) is 0.0261. The maximum Gasteiger partial charge on any atom is 0.306 e. The molecule has 80 heavy (non-hydrogen) atoms. The number of allylic oxidation sites excluding steroid dienone is 16. The van der Waals surface area contributed by atoms with E-state index in [1.165, 1.54) is 199 Å². The van der Waals surface area contributed by atoms with Crippen LogP contribution in [-0.4, -0.2) is 37.2 Å². The van der Waals surface area contributed by atoms with E-state index in [9.17, 15) is 14.4 Å². The van der Waals surface area contributed by atoms with Crippen LogP contribution in [0.3, 0.4) is 0 Å². The topological polar surface area (TPSA) is 78.9 Å². The Kier molecular flexibility index (Phi) is 64.7. The molecule has 0 aromatic rings. The third kappa shape index (κ3) is 65.1. The Morgan fingerprint density at radius 3 is 0.800 bits per heavy atom. The average Bonchev–Trinajstić information content (AvgIpc) is 3.46. The van der Waals surface area contributed by atoms with Crippen molar-refractivity contribution in [3.05, 3.63) is 97.2 Å². The standard InChI is InChI=1S/C74H128O6/c1-4-7-10-13-16-19-22-25-28-31-32-33-34-35-36-37-38-39-40-41-42-44-46-49-52-55-58-61-64-67-73(76)79-70-71(69-78-72(75)66-63-60-57-54-51-48-45-30-27-24-21-18-15-12-9-6-3)80-74(77)68-65-62-59-56-53-50-47-43-29-26-23-20-17-14-11-8-5-2/h8,11,17,20,22,25-26,29,31-32,34-35,47,50,56,59,71H,4-7,9-10,12-16,18-19,21,23-24,27-28,30,33,36-46,48-49,51-55,57-58,60-70H2,1-3H3/b11-8-,20-17-,25-22-,29-26-,32-31-,35-34-,50-47-,59-56-. The van der Waals surface area contributed by atoms with Crippen molar-refractivity contribution in [2.75, 3.05) is 13.2 Å². The molecule has 0 rings (SSSR count). The first kappa shape index (κ1) is 76.3. The first-order valence-electron chi connectivity index (χ1n) is 34.2. The summed E-state index contributed by atoms with van der Waals surface area (Å²) in [6.07, 6.45) is 91.5. The molecule has 460 valence electrons. The lowest BCUT2D eigenvalue weighted by Crippen LogP contribution is -2.30. The van der Waals surface area contributed by atoms with E-state index >= 15 is 0 Å². The van der Waals surface area contributed by atoms with Gasteiger partial charge in [-0.25, -0.2) is 0 Å². The van der Waals surface area contributed by atoms with Gasteiger partial charge in [0.25, 0.3) is 0 Å². The molecule has 0 radical (unpaired) electrons. The van der Waals surface area contributed by atoms with Crippen LogP contribution in [0, 0.1) is 0 Å². The van der Waals surface area contributed by atoms with Gasteiger partial charge in [-0.15, -0.1) is 0 Å². The zero-order valence-corrected chi connectivity index (χ0v) is 52.8. The highest BCUT2D eigenvalue weighted by Gasteiger charge is 2.19. The Bertz CT molecular complexity index is 1560. The molecule has 0 fully saturated rings. The number of hydrogen-bond acceptors (Lipinski definition) is 6. The van der Waals surface area contributed by atoms with E-state index in [0.29, 0.717) is 19.3 Å². The van der Waals surface area contributed by atoms with Gasteiger partial charge >= 0.3 is 17.9 Å². The van der Waals surface area contributed by atoms with Crippen molar-refractivity contribution in [3.8, 4) is 0 Å². The van der Waals surface area contributed by atoms with Crippen molar-refractivity contribution in [1.29, 1.82) is 0 Å². The number of esters is 3. The molecular weight excluding hydrogens is 985 g/mol. The fourth-order valence-electron chi connectivity index (χ4n) is 9.72. The van der Waals surface area contributed by atoms with E-state index in [2.05, 4.69) is 118 Å². The lowest BCUT2D eigenvalue weighted by atomic mass is 10.0. The zero-order valence-electron chi connectivity index (χ0n) is 52.8. The molecule has 6 heteroatoms. The normalized spacial score (nSPS) is 12.7. The van der Waals surface area contributed by atoms with Crippen molar-refractivity contribution >= 4 is 17.9 Å². The van der Waals surface area contributed by atoms with Gasteiger partial charge in [0.2, 0.25) is 0 Å². The summed E-state index contributed by atoms with van der Waals surface area (Å²) >= 11 is 0. The van der Waals surface area contributed by atoms with Crippen LogP contribution in [0.4, 0.5) is 0 Å². The highest BCUT2D eigenvalue weighted by Crippen LogP contribution is 2.17. The first-order chi connectivity index (χ1) is 39.5. The Balaban J connectivity index is 4.32. The van der Waals surface area contributed by atoms with Gasteiger partial charge in [0, 0.05) is 19.3 Å². The van der Waals surface area contributed by atoms with Gasteiger partial charge in [0.05, 0.1) is 0 Å². The zero-order chi connectivity index (χ0) is 57.8. The second-order valence-electron chi connectivity index (χ2n) is 22.7. The first-order valence-corrected chi connectivity index (χ1v) is 34.2. The summed E-state index contributed by atoms with van der Waals surface area (Å²) in [6.45, 7) is 6.51. The van der Waals surface area contributed by atoms with E-state index < -0.39 is 6.10 Å². The van der Waals surface area contributed by atoms with Gasteiger partial charge in [-0.3, -0.25) is 14.4 Å². The van der Waals surface area contributed by atoms with Crippen molar-refractivity contribution in [2.24, 2.45) is 0 Å². The van der Waals surface area contributed by atoms with Crippen LogP contribution in [0.15, 0.2) is 97.2 Å². The van der Waals surface area contributed by atoms with E-state index in [1.807, 2.05) is 0 Å². The molecule has 0 N–H and O–H groups in total. The minimum atomic E-state index is -0.808. The van der Waals surface area contributed by atoms with Gasteiger partial charge in [-0.2, -0.15) is 0 Å². The predicted octanol–water partition coefficient (Wildman–Crippen LogP) is 23.6. The smallest absolute Gasteiger partial charge is 0.306 e. The summed E-state index contributed by atoms with van der Waals surface area (Å²) < 4.78 is 16.9. The predicted molar refractivity (Wildman–Crippen MR) is 348 cm³/mol. The number of carbonyl (C=O) groups is 3. The minimum Gasteiger partial charge on any atom is -0.462 e. The number of rotatable bonds is 62. The molecule has 0 saturated heterocycles. The molecule has 0 aliphatic heterocycles. The Morgan fingerprint density at radius 1 is 0.263 bits per heavy atom. The number of carbonyl (C=O) groups excluding carboxylic acids is 3. The number of hydrogen-bond donors (Lipinski definition) is 0. The van der Waals surface area contributed by atoms with Gasteiger partial charge in [0.15, 0.2) is 6.10 Å². The van der Waals surface area contributed by atoms with Crippen LogP contribution >= 0.6 is 0 Å². The highest BCUT2D eigenvalue weighted by atomic mass is 16.6. The molecule has 1 unspecified atom stereocenters. The van der Waals surface area contributed by atoms with Crippen LogP contribution in [0.1, 0.15) is 335 Å². The third-order valence-electron chi connectivity index (χ3n) is 14.8. The van der Waals surface area contributed by atoms with Crippen LogP contribution in [-0.2, 0) is 28.6 Å². The second-order valence-corrected chi connectivity index (χ2v) is 22.7. The van der Waals surface area contributed by atoms with Crippen molar-refractivity contribution in [2.45, 2.75) is 341 Å². The van der Waals surface area contributed by atoms with E-state index in [0.717, 1.165) is 89.9 Å².